The third-order valence-corrected chi connectivity index (χ3v) is 5.22. The fraction of sp³-hybridized carbons (Fsp3) is 0.435. The van der Waals surface area contributed by atoms with Crippen LogP contribution in [0.5, 0.6) is 0 Å². The van der Waals surface area contributed by atoms with Gasteiger partial charge in [0, 0.05) is 43.5 Å². The van der Waals surface area contributed by atoms with Gasteiger partial charge in [0.05, 0.1) is 12.1 Å². The zero-order chi connectivity index (χ0) is 24.4. The molecule has 2 aromatic rings. The van der Waals surface area contributed by atoms with Crippen LogP contribution in [-0.4, -0.2) is 59.0 Å². The van der Waals surface area contributed by atoms with Crippen molar-refractivity contribution in [2.45, 2.75) is 59.2 Å². The first-order valence-corrected chi connectivity index (χ1v) is 10.3. The molecule has 1 fully saturated rings. The van der Waals surface area contributed by atoms with Gasteiger partial charge in [0.15, 0.2) is 36.1 Å². The Bertz CT molecular complexity index is 1130. The Hall–Kier alpha value is -3.53. The van der Waals surface area contributed by atoms with Crippen LogP contribution in [0.3, 0.4) is 0 Å². The van der Waals surface area contributed by atoms with E-state index in [1.807, 2.05) is 0 Å². The van der Waals surface area contributed by atoms with Crippen LogP contribution in [0.1, 0.15) is 61.6 Å². The first kappa shape index (κ1) is 24.1. The Labute approximate surface area is 189 Å². The van der Waals surface area contributed by atoms with E-state index in [0.29, 0.717) is 22.0 Å². The van der Waals surface area contributed by atoms with Crippen LogP contribution in [0.25, 0.3) is 10.9 Å². The van der Waals surface area contributed by atoms with Crippen molar-refractivity contribution in [1.82, 2.24) is 4.57 Å². The second-order valence-electron chi connectivity index (χ2n) is 7.81. The SMILES string of the molecule is CC(=O)O[C@@H]1[C@@H](OC(C)=O)[C@H](n2cc(C(C)=O)c3cc(C(C)=O)ccc32)OC[C@@H]1OC(C)=O. The number of hydrogen-bond donors (Lipinski definition) is 0. The Kier molecular flexibility index (Phi) is 6.97. The molecule has 2 heterocycles. The van der Waals surface area contributed by atoms with Gasteiger partial charge in [0.2, 0.25) is 0 Å². The maximum atomic E-state index is 12.3. The van der Waals surface area contributed by atoms with E-state index >= 15 is 0 Å². The highest BCUT2D eigenvalue weighted by Crippen LogP contribution is 2.35. The van der Waals surface area contributed by atoms with Crippen LogP contribution in [0.2, 0.25) is 0 Å². The summed E-state index contributed by atoms with van der Waals surface area (Å²) < 4.78 is 23.6. The third-order valence-electron chi connectivity index (χ3n) is 5.22. The van der Waals surface area contributed by atoms with Crippen LogP contribution in [0.15, 0.2) is 24.4 Å². The van der Waals surface area contributed by atoms with Crippen LogP contribution < -0.4 is 0 Å². The van der Waals surface area contributed by atoms with Crippen LogP contribution in [0, 0.1) is 0 Å². The molecule has 0 unspecified atom stereocenters. The van der Waals surface area contributed by atoms with E-state index in [-0.39, 0.29) is 18.2 Å². The highest BCUT2D eigenvalue weighted by molar-refractivity contribution is 6.09. The van der Waals surface area contributed by atoms with Crippen LogP contribution in [-0.2, 0) is 33.3 Å². The standard InChI is InChI=1S/C23H25NO9/c1-11(25)16-6-7-19-17(8-16)18(12(2)26)9-24(19)23-22(33-15(5)29)21(32-14(4)28)20(10-30-23)31-13(3)27/h6-9,20-23H,10H2,1-5H3/t20-,21-,22+,23+/m0/s1. The lowest BCUT2D eigenvalue weighted by molar-refractivity contribution is -0.239. The van der Waals surface area contributed by atoms with Crippen LogP contribution in [0.4, 0.5) is 0 Å². The lowest BCUT2D eigenvalue weighted by Crippen LogP contribution is -2.55. The average molecular weight is 459 g/mol. The molecule has 3 rings (SSSR count). The Morgan fingerprint density at radius 3 is 2.00 bits per heavy atom. The summed E-state index contributed by atoms with van der Waals surface area (Å²) in [7, 11) is 0. The van der Waals surface area contributed by atoms with Gasteiger partial charge in [-0.3, -0.25) is 24.0 Å². The minimum Gasteiger partial charge on any atom is -0.456 e. The summed E-state index contributed by atoms with van der Waals surface area (Å²) in [5, 5.41) is 0.520. The molecule has 0 amide bonds. The number of esters is 3. The van der Waals surface area contributed by atoms with E-state index in [2.05, 4.69) is 0 Å². The molecular weight excluding hydrogens is 434 g/mol. The maximum Gasteiger partial charge on any atom is 0.303 e. The molecule has 10 heteroatoms. The molecule has 1 aromatic heterocycles. The van der Waals surface area contributed by atoms with Crippen molar-refractivity contribution >= 4 is 40.4 Å². The van der Waals surface area contributed by atoms with Gasteiger partial charge in [0.25, 0.3) is 0 Å². The topological polar surface area (TPSA) is 127 Å². The van der Waals surface area contributed by atoms with E-state index in [0.717, 1.165) is 0 Å². The average Bonchev–Trinajstić information content (AvgIpc) is 3.08. The Morgan fingerprint density at radius 1 is 0.848 bits per heavy atom. The summed E-state index contributed by atoms with van der Waals surface area (Å²) in [5.41, 5.74) is 1.31. The molecule has 0 aliphatic carbocycles. The smallest absolute Gasteiger partial charge is 0.303 e. The van der Waals surface area contributed by atoms with Gasteiger partial charge in [-0.15, -0.1) is 0 Å². The highest BCUT2D eigenvalue weighted by atomic mass is 16.6. The molecule has 176 valence electrons. The third kappa shape index (κ3) is 5.11. The van der Waals surface area contributed by atoms with E-state index in [1.165, 1.54) is 40.8 Å². The van der Waals surface area contributed by atoms with Gasteiger partial charge in [-0.2, -0.15) is 0 Å². The molecular formula is C23H25NO9. The molecule has 0 N–H and O–H groups in total. The summed E-state index contributed by atoms with van der Waals surface area (Å²) in [4.78, 5) is 59.5. The van der Waals surface area contributed by atoms with E-state index in [4.69, 9.17) is 18.9 Å². The monoisotopic (exact) mass is 459 g/mol. The number of ether oxygens (including phenoxy) is 4. The molecule has 1 aromatic carbocycles. The molecule has 4 atom stereocenters. The minimum absolute atomic E-state index is 0.152. The van der Waals surface area contributed by atoms with Gasteiger partial charge >= 0.3 is 17.9 Å². The fourth-order valence-electron chi connectivity index (χ4n) is 3.93. The lowest BCUT2D eigenvalue weighted by atomic mass is 10.0. The number of Topliss-reactive ketones (excluding diaryl/α,β-unsaturated/α-hetero) is 2. The fourth-order valence-corrected chi connectivity index (χ4v) is 3.93. The number of benzene rings is 1. The van der Waals surface area contributed by atoms with E-state index in [1.54, 1.807) is 22.8 Å². The van der Waals surface area contributed by atoms with Crippen molar-refractivity contribution in [2.24, 2.45) is 0 Å². The van der Waals surface area contributed by atoms with Crippen molar-refractivity contribution in [2.75, 3.05) is 6.61 Å². The number of ketones is 2. The van der Waals surface area contributed by atoms with Crippen molar-refractivity contribution < 1.29 is 42.9 Å². The van der Waals surface area contributed by atoms with E-state index < -0.39 is 42.4 Å². The summed E-state index contributed by atoms with van der Waals surface area (Å²) in [6.45, 7) is 6.23. The first-order chi connectivity index (χ1) is 15.5. The Balaban J connectivity index is 2.15. The van der Waals surface area contributed by atoms with E-state index in [9.17, 15) is 24.0 Å². The van der Waals surface area contributed by atoms with Crippen LogP contribution >= 0.6 is 0 Å². The number of fused-ring (bicyclic) bond motifs is 1. The predicted octanol–water partition coefficient (Wildman–Crippen LogP) is 2.37. The van der Waals surface area contributed by atoms with Gasteiger partial charge in [-0.1, -0.05) is 0 Å². The van der Waals surface area contributed by atoms with Gasteiger partial charge in [-0.25, -0.2) is 0 Å². The number of aromatic nitrogens is 1. The molecule has 0 bridgehead atoms. The Morgan fingerprint density at radius 2 is 1.45 bits per heavy atom. The predicted molar refractivity (Wildman–Crippen MR) is 114 cm³/mol. The second kappa shape index (κ2) is 9.53. The first-order valence-electron chi connectivity index (χ1n) is 10.3. The summed E-state index contributed by atoms with van der Waals surface area (Å²) in [6.07, 6.45) is -2.82. The highest BCUT2D eigenvalue weighted by Gasteiger charge is 2.48. The van der Waals surface area contributed by atoms with Crippen molar-refractivity contribution in [3.05, 3.63) is 35.5 Å². The molecule has 10 nitrogen and oxygen atoms in total. The maximum absolute atomic E-state index is 12.3. The molecule has 0 spiro atoms. The quantitative estimate of drug-likeness (QED) is 0.363. The zero-order valence-corrected chi connectivity index (χ0v) is 18.9. The number of nitrogens with zero attached hydrogens (tertiary/aromatic N) is 1. The molecule has 0 saturated carbocycles. The van der Waals surface area contributed by atoms with Crippen molar-refractivity contribution in [3.8, 4) is 0 Å². The largest absolute Gasteiger partial charge is 0.456 e. The van der Waals surface area contributed by atoms with Gasteiger partial charge < -0.3 is 23.5 Å². The van der Waals surface area contributed by atoms with Crippen molar-refractivity contribution in [3.63, 3.8) is 0 Å². The zero-order valence-electron chi connectivity index (χ0n) is 18.9. The summed E-state index contributed by atoms with van der Waals surface area (Å²) in [5.74, 6) is -2.36. The number of rotatable bonds is 6. The van der Waals surface area contributed by atoms with Gasteiger partial charge in [-0.05, 0) is 32.0 Å². The van der Waals surface area contributed by atoms with Gasteiger partial charge in [0.1, 0.15) is 0 Å². The summed E-state index contributed by atoms with van der Waals surface area (Å²) >= 11 is 0. The molecule has 1 aliphatic heterocycles. The number of hydrogen-bond acceptors (Lipinski definition) is 9. The number of carbonyl (C=O) groups excluding carboxylic acids is 5. The molecule has 0 radical (unpaired) electrons. The molecule has 1 aliphatic rings. The lowest BCUT2D eigenvalue weighted by Gasteiger charge is -2.41. The minimum atomic E-state index is -1.19. The number of carbonyl (C=O) groups is 5. The normalized spacial score (nSPS) is 22.5. The van der Waals surface area contributed by atoms with Crippen molar-refractivity contribution in [1.29, 1.82) is 0 Å². The molecule has 33 heavy (non-hydrogen) atoms. The second-order valence-corrected chi connectivity index (χ2v) is 7.81. The molecule has 1 saturated heterocycles. The summed E-state index contributed by atoms with van der Waals surface area (Å²) in [6, 6.07) is 4.88.